The van der Waals surface area contributed by atoms with Gasteiger partial charge in [-0.3, -0.25) is 4.79 Å². The van der Waals surface area contributed by atoms with Gasteiger partial charge in [0.05, 0.1) is 6.07 Å². The Kier molecular flexibility index (Phi) is 5.22. The molecule has 3 heteroatoms. The van der Waals surface area contributed by atoms with E-state index in [1.807, 2.05) is 6.07 Å². The predicted octanol–water partition coefficient (Wildman–Crippen LogP) is 2.09. The monoisotopic (exact) mass is 196 g/mol. The van der Waals surface area contributed by atoms with Crippen molar-refractivity contribution < 1.29 is 4.79 Å². The molecule has 0 aliphatic heterocycles. The summed E-state index contributed by atoms with van der Waals surface area (Å²) in [6.45, 7) is 9.21. The first kappa shape index (κ1) is 13.0. The fourth-order valence-corrected chi connectivity index (χ4v) is 0.788. The maximum Gasteiger partial charge on any atom is 0.221 e. The molecular weight excluding hydrogens is 176 g/mol. The zero-order valence-corrected chi connectivity index (χ0v) is 9.55. The highest BCUT2D eigenvalue weighted by molar-refractivity contribution is 5.76. The van der Waals surface area contributed by atoms with Crippen LogP contribution in [0.1, 0.15) is 40.5 Å². The van der Waals surface area contributed by atoms with Crippen LogP contribution < -0.4 is 5.32 Å². The Morgan fingerprint density at radius 2 is 2.07 bits per heavy atom. The molecule has 0 heterocycles. The molecule has 0 aromatic carbocycles. The zero-order chi connectivity index (χ0) is 11.2. The minimum atomic E-state index is -0.0275. The first-order chi connectivity index (χ1) is 6.40. The summed E-state index contributed by atoms with van der Waals surface area (Å²) < 4.78 is 0. The molecule has 1 amide bonds. The lowest BCUT2D eigenvalue weighted by atomic mass is 9.81. The molecule has 0 fully saturated rings. The molecule has 0 aromatic rings. The van der Waals surface area contributed by atoms with Crippen LogP contribution in [0.5, 0.6) is 0 Å². The van der Waals surface area contributed by atoms with Crippen LogP contribution in [-0.4, -0.2) is 12.5 Å². The fraction of sp³-hybridized carbons (Fsp3) is 0.818. The van der Waals surface area contributed by atoms with Crippen molar-refractivity contribution in [2.75, 3.05) is 6.54 Å². The van der Waals surface area contributed by atoms with Gasteiger partial charge in [0.2, 0.25) is 5.91 Å². The van der Waals surface area contributed by atoms with Crippen molar-refractivity contribution in [2.24, 2.45) is 11.3 Å². The SMILES string of the molecule is CC(C)C(C)(C)CNC(=O)CCC#N. The lowest BCUT2D eigenvalue weighted by Gasteiger charge is -2.29. The highest BCUT2D eigenvalue weighted by Gasteiger charge is 2.22. The Morgan fingerprint density at radius 1 is 1.50 bits per heavy atom. The van der Waals surface area contributed by atoms with Gasteiger partial charge in [-0.15, -0.1) is 0 Å². The summed E-state index contributed by atoms with van der Waals surface area (Å²) in [6, 6.07) is 1.96. The van der Waals surface area contributed by atoms with Crippen LogP contribution >= 0.6 is 0 Å². The van der Waals surface area contributed by atoms with Gasteiger partial charge in [0.15, 0.2) is 0 Å². The predicted molar refractivity (Wildman–Crippen MR) is 56.5 cm³/mol. The highest BCUT2D eigenvalue weighted by atomic mass is 16.1. The van der Waals surface area contributed by atoms with Crippen LogP contribution in [0.25, 0.3) is 0 Å². The quantitative estimate of drug-likeness (QED) is 0.732. The molecule has 0 aliphatic carbocycles. The van der Waals surface area contributed by atoms with E-state index in [0.717, 1.165) is 0 Å². The van der Waals surface area contributed by atoms with Crippen LogP contribution in [0, 0.1) is 22.7 Å². The van der Waals surface area contributed by atoms with Crippen molar-refractivity contribution in [1.82, 2.24) is 5.32 Å². The number of amides is 1. The molecule has 0 unspecified atom stereocenters. The molecular formula is C11H20N2O. The molecule has 0 bridgehead atoms. The summed E-state index contributed by atoms with van der Waals surface area (Å²) in [5.74, 6) is 0.499. The number of nitrogens with zero attached hydrogens (tertiary/aromatic N) is 1. The summed E-state index contributed by atoms with van der Waals surface area (Å²) in [6.07, 6.45) is 0.610. The highest BCUT2D eigenvalue weighted by Crippen LogP contribution is 2.24. The normalized spacial score (nSPS) is 11.1. The van der Waals surface area contributed by atoms with Crippen molar-refractivity contribution in [1.29, 1.82) is 5.26 Å². The minimum absolute atomic E-state index is 0.0275. The summed E-state index contributed by atoms with van der Waals surface area (Å²) >= 11 is 0. The lowest BCUT2D eigenvalue weighted by molar-refractivity contribution is -0.121. The van der Waals surface area contributed by atoms with Gasteiger partial charge in [-0.1, -0.05) is 27.7 Å². The van der Waals surface area contributed by atoms with Crippen molar-refractivity contribution in [3.8, 4) is 6.07 Å². The summed E-state index contributed by atoms with van der Waals surface area (Å²) in [7, 11) is 0. The number of nitrogens with one attached hydrogen (secondary N) is 1. The maximum atomic E-state index is 11.2. The van der Waals surface area contributed by atoms with Gasteiger partial charge >= 0.3 is 0 Å². The number of carbonyl (C=O) groups is 1. The summed E-state index contributed by atoms with van der Waals surface area (Å²) in [5, 5.41) is 11.2. The number of rotatable bonds is 5. The van der Waals surface area contributed by atoms with Crippen LogP contribution in [0.4, 0.5) is 0 Å². The minimum Gasteiger partial charge on any atom is -0.356 e. The van der Waals surface area contributed by atoms with E-state index >= 15 is 0 Å². The van der Waals surface area contributed by atoms with E-state index in [0.29, 0.717) is 25.3 Å². The van der Waals surface area contributed by atoms with Crippen LogP contribution in [0.15, 0.2) is 0 Å². The van der Waals surface area contributed by atoms with Crippen molar-refractivity contribution in [2.45, 2.75) is 40.5 Å². The van der Waals surface area contributed by atoms with Crippen LogP contribution in [0.2, 0.25) is 0 Å². The first-order valence-corrected chi connectivity index (χ1v) is 5.04. The molecule has 80 valence electrons. The van der Waals surface area contributed by atoms with E-state index in [1.54, 1.807) is 0 Å². The topological polar surface area (TPSA) is 52.9 Å². The van der Waals surface area contributed by atoms with Gasteiger partial charge < -0.3 is 5.32 Å². The summed E-state index contributed by atoms with van der Waals surface area (Å²) in [4.78, 5) is 11.2. The van der Waals surface area contributed by atoms with E-state index in [2.05, 4.69) is 33.0 Å². The fourth-order valence-electron chi connectivity index (χ4n) is 0.788. The smallest absolute Gasteiger partial charge is 0.221 e. The van der Waals surface area contributed by atoms with E-state index in [4.69, 9.17) is 5.26 Å². The molecule has 14 heavy (non-hydrogen) atoms. The molecule has 1 N–H and O–H groups in total. The maximum absolute atomic E-state index is 11.2. The van der Waals surface area contributed by atoms with Gasteiger partial charge in [0.1, 0.15) is 0 Å². The van der Waals surface area contributed by atoms with E-state index in [9.17, 15) is 4.79 Å². The molecule has 0 aliphatic rings. The van der Waals surface area contributed by atoms with Gasteiger partial charge in [-0.05, 0) is 11.3 Å². The third-order valence-corrected chi connectivity index (χ3v) is 2.77. The largest absolute Gasteiger partial charge is 0.356 e. The van der Waals surface area contributed by atoms with Gasteiger partial charge in [-0.2, -0.15) is 5.26 Å². The van der Waals surface area contributed by atoms with Crippen molar-refractivity contribution >= 4 is 5.91 Å². The number of hydrogen-bond acceptors (Lipinski definition) is 2. The molecule has 0 atom stereocenters. The number of hydrogen-bond donors (Lipinski definition) is 1. The standard InChI is InChI=1S/C11H20N2O/c1-9(2)11(3,4)8-13-10(14)6-5-7-12/h9H,5-6,8H2,1-4H3,(H,13,14). The van der Waals surface area contributed by atoms with E-state index < -0.39 is 0 Å². The van der Waals surface area contributed by atoms with Crippen LogP contribution in [0.3, 0.4) is 0 Å². The molecule has 0 saturated carbocycles. The second kappa shape index (κ2) is 5.64. The van der Waals surface area contributed by atoms with E-state index in [1.165, 1.54) is 0 Å². The van der Waals surface area contributed by atoms with Gasteiger partial charge in [0, 0.05) is 19.4 Å². The molecule has 0 saturated heterocycles. The lowest BCUT2D eigenvalue weighted by Crippen LogP contribution is -2.36. The third kappa shape index (κ3) is 4.86. The third-order valence-electron chi connectivity index (χ3n) is 2.77. The van der Waals surface area contributed by atoms with Crippen LogP contribution in [-0.2, 0) is 4.79 Å². The first-order valence-electron chi connectivity index (χ1n) is 5.04. The Labute approximate surface area is 86.5 Å². The second-order valence-electron chi connectivity index (χ2n) is 4.58. The Balaban J connectivity index is 3.83. The molecule has 0 spiro atoms. The van der Waals surface area contributed by atoms with Crippen molar-refractivity contribution in [3.63, 3.8) is 0 Å². The molecule has 3 nitrogen and oxygen atoms in total. The Morgan fingerprint density at radius 3 is 2.50 bits per heavy atom. The average molecular weight is 196 g/mol. The zero-order valence-electron chi connectivity index (χ0n) is 9.55. The van der Waals surface area contributed by atoms with Crippen molar-refractivity contribution in [3.05, 3.63) is 0 Å². The molecule has 0 radical (unpaired) electrons. The number of nitriles is 1. The average Bonchev–Trinajstić information content (AvgIpc) is 2.11. The van der Waals surface area contributed by atoms with Gasteiger partial charge in [0.25, 0.3) is 0 Å². The second-order valence-corrected chi connectivity index (χ2v) is 4.58. The molecule has 0 rings (SSSR count). The Hall–Kier alpha value is -1.04. The Bertz CT molecular complexity index is 226. The van der Waals surface area contributed by atoms with E-state index in [-0.39, 0.29) is 11.3 Å². The molecule has 0 aromatic heterocycles. The summed E-state index contributed by atoms with van der Waals surface area (Å²) in [5.41, 5.74) is 0.113. The van der Waals surface area contributed by atoms with Gasteiger partial charge in [-0.25, -0.2) is 0 Å². The number of carbonyl (C=O) groups excluding carboxylic acids is 1.